The van der Waals surface area contributed by atoms with E-state index in [0.717, 1.165) is 6.54 Å². The molecule has 2 heterocycles. The van der Waals surface area contributed by atoms with E-state index in [9.17, 15) is 0 Å². The second kappa shape index (κ2) is 5.77. The third kappa shape index (κ3) is 3.07. The Morgan fingerprint density at radius 3 is 2.79 bits per heavy atom. The molecule has 0 unspecified atom stereocenters. The summed E-state index contributed by atoms with van der Waals surface area (Å²) >= 11 is 1.75. The molecule has 3 rings (SSSR count). The number of rotatable bonds is 5. The summed E-state index contributed by atoms with van der Waals surface area (Å²) in [7, 11) is 0. The fourth-order valence-electron chi connectivity index (χ4n) is 1.82. The van der Waals surface area contributed by atoms with E-state index < -0.39 is 0 Å². The van der Waals surface area contributed by atoms with Gasteiger partial charge < -0.3 is 9.84 Å². The van der Waals surface area contributed by atoms with Gasteiger partial charge in [-0.05, 0) is 22.6 Å². The van der Waals surface area contributed by atoms with Crippen LogP contribution in [0.1, 0.15) is 10.7 Å². The molecule has 5 heteroatoms. The van der Waals surface area contributed by atoms with Crippen molar-refractivity contribution in [3.05, 3.63) is 58.9 Å². The molecule has 0 radical (unpaired) electrons. The van der Waals surface area contributed by atoms with Crippen molar-refractivity contribution in [2.24, 2.45) is 0 Å². The second-order valence-corrected chi connectivity index (χ2v) is 5.11. The van der Waals surface area contributed by atoms with Crippen molar-refractivity contribution < 1.29 is 4.52 Å². The van der Waals surface area contributed by atoms with E-state index in [1.54, 1.807) is 11.3 Å². The maximum atomic E-state index is 4.68. The van der Waals surface area contributed by atoms with Crippen LogP contribution < -0.4 is 5.32 Å². The van der Waals surface area contributed by atoms with E-state index in [1.165, 1.54) is 22.4 Å². The average Bonchev–Trinajstić information content (AvgIpc) is 3.11. The first-order valence-corrected chi connectivity index (χ1v) is 6.88. The zero-order chi connectivity index (χ0) is 12.9. The second-order valence-electron chi connectivity index (χ2n) is 4.12. The third-order valence-electron chi connectivity index (χ3n) is 2.75. The molecule has 0 aliphatic carbocycles. The quantitative estimate of drug-likeness (QED) is 0.774. The van der Waals surface area contributed by atoms with Gasteiger partial charge in [0.1, 0.15) is 0 Å². The van der Waals surface area contributed by atoms with Crippen molar-refractivity contribution in [3.8, 4) is 11.1 Å². The van der Waals surface area contributed by atoms with Crippen LogP contribution in [0.4, 0.5) is 0 Å². The van der Waals surface area contributed by atoms with Gasteiger partial charge in [-0.3, -0.25) is 0 Å². The molecule has 0 atom stereocenters. The highest BCUT2D eigenvalue weighted by Crippen LogP contribution is 2.25. The minimum absolute atomic E-state index is 0.620. The number of nitrogens with zero attached hydrogens (tertiary/aromatic N) is 2. The molecule has 0 aliphatic heterocycles. The summed E-state index contributed by atoms with van der Waals surface area (Å²) in [4.78, 5) is 5.26. The van der Waals surface area contributed by atoms with Crippen molar-refractivity contribution in [1.82, 2.24) is 15.5 Å². The number of nitrogens with one attached hydrogen (secondary N) is 1. The standard InChI is InChI=1S/C14H13N3OS/c1-2-4-11(5-3-1)12-6-13(19-9-12)7-15-8-14-16-10-18-17-14/h1-6,9-10,15H,7-8H2. The molecule has 0 saturated heterocycles. The first-order valence-electron chi connectivity index (χ1n) is 6.00. The topological polar surface area (TPSA) is 51.0 Å². The van der Waals surface area contributed by atoms with Gasteiger partial charge in [0.25, 0.3) is 0 Å². The predicted molar refractivity (Wildman–Crippen MR) is 74.6 cm³/mol. The van der Waals surface area contributed by atoms with Gasteiger partial charge in [-0.15, -0.1) is 11.3 Å². The van der Waals surface area contributed by atoms with Gasteiger partial charge in [0.15, 0.2) is 5.82 Å². The van der Waals surface area contributed by atoms with Crippen molar-refractivity contribution in [2.45, 2.75) is 13.1 Å². The Balaban J connectivity index is 1.59. The van der Waals surface area contributed by atoms with Crippen LogP contribution in [0.15, 0.2) is 52.7 Å². The first-order chi connectivity index (χ1) is 9.42. The van der Waals surface area contributed by atoms with E-state index >= 15 is 0 Å². The molecule has 0 bridgehead atoms. The predicted octanol–water partition coefficient (Wildman–Crippen LogP) is 3.09. The molecule has 96 valence electrons. The van der Waals surface area contributed by atoms with Gasteiger partial charge in [0.05, 0.1) is 6.54 Å². The molecular weight excluding hydrogens is 258 g/mol. The molecule has 1 aromatic carbocycles. The monoisotopic (exact) mass is 271 g/mol. The maximum Gasteiger partial charge on any atom is 0.213 e. The van der Waals surface area contributed by atoms with E-state index in [2.05, 4.69) is 55.7 Å². The van der Waals surface area contributed by atoms with E-state index in [1.807, 2.05) is 6.07 Å². The summed E-state index contributed by atoms with van der Waals surface area (Å²) in [6.07, 6.45) is 1.34. The Morgan fingerprint density at radius 1 is 1.11 bits per heavy atom. The highest BCUT2D eigenvalue weighted by atomic mass is 32.1. The lowest BCUT2D eigenvalue weighted by molar-refractivity contribution is 0.407. The molecule has 19 heavy (non-hydrogen) atoms. The first kappa shape index (κ1) is 12.1. The summed E-state index contributed by atoms with van der Waals surface area (Å²) in [6, 6.07) is 12.6. The Labute approximate surface area is 115 Å². The lowest BCUT2D eigenvalue weighted by Gasteiger charge is -1.98. The molecule has 1 N–H and O–H groups in total. The molecule has 0 fully saturated rings. The largest absolute Gasteiger partial charge is 0.343 e. The number of aromatic nitrogens is 2. The zero-order valence-electron chi connectivity index (χ0n) is 10.2. The van der Waals surface area contributed by atoms with Crippen molar-refractivity contribution in [1.29, 1.82) is 0 Å². The van der Waals surface area contributed by atoms with E-state index in [-0.39, 0.29) is 0 Å². The summed E-state index contributed by atoms with van der Waals surface area (Å²) in [5.74, 6) is 0.680. The Kier molecular flexibility index (Phi) is 3.67. The zero-order valence-corrected chi connectivity index (χ0v) is 11.1. The van der Waals surface area contributed by atoms with Gasteiger partial charge in [0, 0.05) is 11.4 Å². The molecule has 2 aromatic heterocycles. The molecule has 0 amide bonds. The van der Waals surface area contributed by atoms with E-state index in [4.69, 9.17) is 0 Å². The highest BCUT2D eigenvalue weighted by molar-refractivity contribution is 7.10. The summed E-state index contributed by atoms with van der Waals surface area (Å²) in [5, 5.41) is 9.23. The molecule has 0 aliphatic rings. The van der Waals surface area contributed by atoms with Crippen molar-refractivity contribution in [2.75, 3.05) is 0 Å². The van der Waals surface area contributed by atoms with Gasteiger partial charge >= 0.3 is 0 Å². The number of hydrogen-bond donors (Lipinski definition) is 1. The van der Waals surface area contributed by atoms with Crippen LogP contribution >= 0.6 is 11.3 Å². The lowest BCUT2D eigenvalue weighted by Crippen LogP contribution is -2.12. The smallest absolute Gasteiger partial charge is 0.213 e. The normalized spacial score (nSPS) is 10.7. The molecule has 3 aromatic rings. The van der Waals surface area contributed by atoms with Gasteiger partial charge in [-0.2, -0.15) is 4.98 Å². The maximum absolute atomic E-state index is 4.68. The lowest BCUT2D eigenvalue weighted by atomic mass is 10.1. The number of hydrogen-bond acceptors (Lipinski definition) is 5. The van der Waals surface area contributed by atoms with Crippen molar-refractivity contribution >= 4 is 11.3 Å². The average molecular weight is 271 g/mol. The van der Waals surface area contributed by atoms with Gasteiger partial charge in [0.2, 0.25) is 6.39 Å². The number of thiophene rings is 1. The Morgan fingerprint density at radius 2 is 2.00 bits per heavy atom. The van der Waals surface area contributed by atoms with Crippen LogP contribution in [0.2, 0.25) is 0 Å². The fraction of sp³-hybridized carbons (Fsp3) is 0.143. The van der Waals surface area contributed by atoms with Gasteiger partial charge in [-0.1, -0.05) is 35.5 Å². The van der Waals surface area contributed by atoms with E-state index in [0.29, 0.717) is 12.4 Å². The molecular formula is C14H13N3OS. The van der Waals surface area contributed by atoms with Crippen LogP contribution in [-0.2, 0) is 13.1 Å². The summed E-state index contributed by atoms with van der Waals surface area (Å²) < 4.78 is 4.68. The summed E-state index contributed by atoms with van der Waals surface area (Å²) in [5.41, 5.74) is 2.52. The Bertz CT molecular complexity index is 619. The van der Waals surface area contributed by atoms with Crippen LogP contribution in [-0.4, -0.2) is 10.1 Å². The molecule has 4 nitrogen and oxygen atoms in total. The van der Waals surface area contributed by atoms with Crippen molar-refractivity contribution in [3.63, 3.8) is 0 Å². The van der Waals surface area contributed by atoms with Crippen LogP contribution in [0, 0.1) is 0 Å². The van der Waals surface area contributed by atoms with Crippen LogP contribution in [0.3, 0.4) is 0 Å². The fourth-order valence-corrected chi connectivity index (χ4v) is 2.69. The summed E-state index contributed by atoms with van der Waals surface area (Å²) in [6.45, 7) is 1.43. The Hall–Kier alpha value is -1.98. The number of benzene rings is 1. The minimum Gasteiger partial charge on any atom is -0.343 e. The molecule has 0 saturated carbocycles. The third-order valence-corrected chi connectivity index (χ3v) is 3.69. The van der Waals surface area contributed by atoms with Gasteiger partial charge in [-0.25, -0.2) is 0 Å². The van der Waals surface area contributed by atoms with Crippen LogP contribution in [0.5, 0.6) is 0 Å². The van der Waals surface area contributed by atoms with Crippen LogP contribution in [0.25, 0.3) is 11.1 Å². The highest BCUT2D eigenvalue weighted by Gasteiger charge is 2.03. The molecule has 0 spiro atoms. The minimum atomic E-state index is 0.620. The SMILES string of the molecule is c1ccc(-c2csc(CNCc3ncon3)c2)cc1.